The lowest BCUT2D eigenvalue weighted by Gasteiger charge is -2.33. The third-order valence-corrected chi connectivity index (χ3v) is 6.66. The number of rotatable bonds is 6. The summed E-state index contributed by atoms with van der Waals surface area (Å²) in [6, 6.07) is 10.3. The normalized spacial score (nSPS) is 14.5. The van der Waals surface area contributed by atoms with Gasteiger partial charge in [0.05, 0.1) is 17.1 Å². The van der Waals surface area contributed by atoms with Crippen LogP contribution in [0.25, 0.3) is 16.9 Å². The van der Waals surface area contributed by atoms with Crippen molar-refractivity contribution in [3.63, 3.8) is 0 Å². The quantitative estimate of drug-likeness (QED) is 0.322. The molecule has 0 saturated heterocycles. The van der Waals surface area contributed by atoms with Gasteiger partial charge in [-0.2, -0.15) is 9.61 Å². The molecule has 1 aromatic carbocycles. The van der Waals surface area contributed by atoms with Crippen molar-refractivity contribution in [3.8, 4) is 0 Å². The molecule has 38 heavy (non-hydrogen) atoms. The second-order valence-corrected chi connectivity index (χ2v) is 10.5. The molecule has 10 heteroatoms. The van der Waals surface area contributed by atoms with E-state index in [9.17, 15) is 9.18 Å². The van der Waals surface area contributed by atoms with Crippen molar-refractivity contribution in [2.45, 2.75) is 46.1 Å². The molecule has 0 unspecified atom stereocenters. The number of thiol groups is 1. The first-order valence-corrected chi connectivity index (χ1v) is 13.2. The molecule has 3 heterocycles. The summed E-state index contributed by atoms with van der Waals surface area (Å²) in [5.41, 5.74) is 4.64. The molecule has 3 aromatic rings. The average molecular weight is 539 g/mol. The zero-order chi connectivity index (χ0) is 27.6. The number of carbonyl (C=O) groups excluding carboxylic acids is 1. The van der Waals surface area contributed by atoms with Crippen molar-refractivity contribution >= 4 is 41.5 Å². The summed E-state index contributed by atoms with van der Waals surface area (Å²) in [4.78, 5) is 19.0. The Hall–Kier alpha value is -3.53. The molecule has 1 aliphatic heterocycles. The van der Waals surface area contributed by atoms with E-state index in [4.69, 9.17) is 14.8 Å². The van der Waals surface area contributed by atoms with Crippen molar-refractivity contribution in [1.82, 2.24) is 24.5 Å². The molecular formula is C28H35FN6O2S. The molecule has 2 aromatic heterocycles. The second-order valence-electron chi connectivity index (χ2n) is 10.2. The van der Waals surface area contributed by atoms with Crippen LogP contribution in [0.15, 0.2) is 47.9 Å². The number of nitrogens with zero attached hydrogens (tertiary/aromatic N) is 6. The smallest absolute Gasteiger partial charge is 0.410 e. The maximum atomic E-state index is 13.5. The van der Waals surface area contributed by atoms with Gasteiger partial charge in [-0.05, 0) is 81.0 Å². The molecule has 4 rings (SSSR count). The highest BCUT2D eigenvalue weighted by atomic mass is 32.1. The number of amides is 1. The van der Waals surface area contributed by atoms with E-state index < -0.39 is 5.60 Å². The maximum Gasteiger partial charge on any atom is 0.410 e. The van der Waals surface area contributed by atoms with Gasteiger partial charge in [0.25, 0.3) is 0 Å². The lowest BCUT2D eigenvalue weighted by atomic mass is 10.0. The summed E-state index contributed by atoms with van der Waals surface area (Å²) in [6.07, 6.45) is 3.12. The Bertz CT molecular complexity index is 1380. The van der Waals surface area contributed by atoms with Gasteiger partial charge in [0.1, 0.15) is 11.4 Å². The number of aromatic nitrogens is 3. The molecule has 202 valence electrons. The van der Waals surface area contributed by atoms with Gasteiger partial charge >= 0.3 is 6.09 Å². The summed E-state index contributed by atoms with van der Waals surface area (Å²) in [7, 11) is 3.86. The molecule has 0 saturated carbocycles. The number of benzene rings is 1. The number of ether oxygens (including phenoxy) is 1. The van der Waals surface area contributed by atoms with Crippen molar-refractivity contribution in [3.05, 3.63) is 70.7 Å². The van der Waals surface area contributed by atoms with Crippen LogP contribution in [0.2, 0.25) is 0 Å². The van der Waals surface area contributed by atoms with E-state index in [1.807, 2.05) is 67.6 Å². The van der Waals surface area contributed by atoms with Crippen LogP contribution in [-0.4, -0.2) is 63.4 Å². The number of hydrazine groups is 1. The molecule has 0 N–H and O–H groups in total. The van der Waals surface area contributed by atoms with Gasteiger partial charge in [0.15, 0.2) is 11.5 Å². The molecule has 0 radical (unpaired) electrons. The van der Waals surface area contributed by atoms with Gasteiger partial charge in [-0.25, -0.2) is 14.2 Å². The number of anilines is 1. The molecule has 8 nitrogen and oxygen atoms in total. The van der Waals surface area contributed by atoms with Gasteiger partial charge in [-0.15, -0.1) is 12.6 Å². The Morgan fingerprint density at radius 2 is 1.89 bits per heavy atom. The topological polar surface area (TPSA) is 66.2 Å². The summed E-state index contributed by atoms with van der Waals surface area (Å²) in [6.45, 7) is 8.69. The van der Waals surface area contributed by atoms with Gasteiger partial charge < -0.3 is 9.64 Å². The highest BCUT2D eigenvalue weighted by Crippen LogP contribution is 2.29. The van der Waals surface area contributed by atoms with Crippen LogP contribution in [0.4, 0.5) is 15.0 Å². The Balaban J connectivity index is 1.64. The Kier molecular flexibility index (Phi) is 8.01. The predicted octanol–water partition coefficient (Wildman–Crippen LogP) is 5.67. The van der Waals surface area contributed by atoms with E-state index in [0.717, 1.165) is 46.1 Å². The monoisotopic (exact) mass is 538 g/mol. The Morgan fingerprint density at radius 1 is 1.18 bits per heavy atom. The van der Waals surface area contributed by atoms with Crippen LogP contribution in [0.3, 0.4) is 0 Å². The van der Waals surface area contributed by atoms with E-state index in [1.54, 1.807) is 22.4 Å². The van der Waals surface area contributed by atoms with Crippen molar-refractivity contribution < 1.29 is 13.9 Å². The zero-order valence-electron chi connectivity index (χ0n) is 22.8. The molecule has 0 fully saturated rings. The van der Waals surface area contributed by atoms with Gasteiger partial charge in [0.2, 0.25) is 0 Å². The number of hydrogen-bond donors (Lipinski definition) is 1. The highest BCUT2D eigenvalue weighted by molar-refractivity contribution is 7.83. The lowest BCUT2D eigenvalue weighted by molar-refractivity contribution is 0.0270. The predicted molar refractivity (Wildman–Crippen MR) is 152 cm³/mol. The van der Waals surface area contributed by atoms with Crippen molar-refractivity contribution in [2.75, 3.05) is 32.2 Å². The molecule has 0 bridgehead atoms. The SMILES string of the molecule is CCc1nc2ccc(C3=CCN(C(=O)OC(C)(C)C)CC3)nn2c1N(C)N(C)/C(=C\S)c1ccc(F)cc1. The van der Waals surface area contributed by atoms with Crippen molar-refractivity contribution in [1.29, 1.82) is 0 Å². The molecule has 0 spiro atoms. The number of imidazole rings is 1. The number of carbonyl (C=O) groups is 1. The van der Waals surface area contributed by atoms with Crippen LogP contribution >= 0.6 is 12.6 Å². The fourth-order valence-corrected chi connectivity index (χ4v) is 4.68. The van der Waals surface area contributed by atoms with Gasteiger partial charge in [0, 0.05) is 32.7 Å². The number of fused-ring (bicyclic) bond motifs is 1. The van der Waals surface area contributed by atoms with Crippen LogP contribution in [0.5, 0.6) is 0 Å². The maximum absolute atomic E-state index is 13.5. The zero-order valence-corrected chi connectivity index (χ0v) is 23.7. The van der Waals surface area contributed by atoms with E-state index in [-0.39, 0.29) is 11.9 Å². The molecule has 1 amide bonds. The van der Waals surface area contributed by atoms with E-state index in [2.05, 4.69) is 19.6 Å². The first-order valence-electron chi connectivity index (χ1n) is 12.7. The minimum atomic E-state index is -0.527. The third kappa shape index (κ3) is 5.80. The van der Waals surface area contributed by atoms with Crippen LogP contribution in [0, 0.1) is 5.82 Å². The van der Waals surface area contributed by atoms with Crippen molar-refractivity contribution in [2.24, 2.45) is 0 Å². The summed E-state index contributed by atoms with van der Waals surface area (Å²) < 4.78 is 20.9. The molecule has 1 aliphatic rings. The van der Waals surface area contributed by atoms with E-state index in [0.29, 0.717) is 19.5 Å². The van der Waals surface area contributed by atoms with Gasteiger partial charge in [-0.1, -0.05) is 13.0 Å². The number of hydrogen-bond acceptors (Lipinski definition) is 7. The van der Waals surface area contributed by atoms with Crippen LogP contribution < -0.4 is 5.01 Å². The highest BCUT2D eigenvalue weighted by Gasteiger charge is 2.25. The third-order valence-electron chi connectivity index (χ3n) is 6.42. The minimum absolute atomic E-state index is 0.290. The first kappa shape index (κ1) is 27.5. The lowest BCUT2D eigenvalue weighted by Crippen LogP contribution is -2.39. The number of halogens is 1. The summed E-state index contributed by atoms with van der Waals surface area (Å²) in [5.74, 6) is 0.537. The molecule has 0 aliphatic carbocycles. The summed E-state index contributed by atoms with van der Waals surface area (Å²) in [5, 5.41) is 10.6. The molecule has 0 atom stereocenters. The van der Waals surface area contributed by atoms with E-state index in [1.165, 1.54) is 12.1 Å². The molecular weight excluding hydrogens is 503 g/mol. The largest absolute Gasteiger partial charge is 0.444 e. The first-order chi connectivity index (χ1) is 18.0. The van der Waals surface area contributed by atoms with Crippen LogP contribution in [-0.2, 0) is 11.2 Å². The fraction of sp³-hybridized carbons (Fsp3) is 0.393. The number of aryl methyl sites for hydroxylation is 1. The Labute approximate surface area is 228 Å². The van der Waals surface area contributed by atoms with Gasteiger partial charge in [-0.3, -0.25) is 10.0 Å². The van der Waals surface area contributed by atoms with Crippen LogP contribution in [0.1, 0.15) is 51.1 Å². The standard InChI is InChI=1S/C28H35FN6O2S/c1-7-22-26(33(6)32(5)24(18-38)20-8-10-21(29)11-9-20)35-25(30-22)13-12-23(31-35)19-14-16-34(17-15-19)27(36)37-28(2,3)4/h8-14,18,38H,7,15-17H2,1-6H3/b24-18-. The minimum Gasteiger partial charge on any atom is -0.444 e. The fourth-order valence-electron chi connectivity index (χ4n) is 4.36. The average Bonchev–Trinajstić information content (AvgIpc) is 3.26. The van der Waals surface area contributed by atoms with E-state index >= 15 is 0 Å². The second kappa shape index (κ2) is 11.1. The Morgan fingerprint density at radius 3 is 2.47 bits per heavy atom. The summed E-state index contributed by atoms with van der Waals surface area (Å²) >= 11 is 4.43.